The molecule has 2 fully saturated rings. The molecule has 7 nitrogen and oxygen atoms in total. The van der Waals surface area contributed by atoms with Gasteiger partial charge in [0.1, 0.15) is 0 Å². The average Bonchev–Trinajstić information content (AvgIpc) is 3.24. The van der Waals surface area contributed by atoms with E-state index in [9.17, 15) is 19.2 Å². The molecule has 0 bridgehead atoms. The van der Waals surface area contributed by atoms with E-state index in [0.29, 0.717) is 39.3 Å². The van der Waals surface area contributed by atoms with Crippen molar-refractivity contribution in [1.82, 2.24) is 4.98 Å². The van der Waals surface area contributed by atoms with Gasteiger partial charge in [-0.1, -0.05) is 49.4 Å². The molecular weight excluding hydrogens is 528 g/mol. The highest BCUT2D eigenvalue weighted by Crippen LogP contribution is 2.42. The van der Waals surface area contributed by atoms with E-state index in [0.717, 1.165) is 36.0 Å². The van der Waals surface area contributed by atoms with E-state index >= 15 is 0 Å². The number of hydrogen-bond donors (Lipinski definition) is 0. The van der Waals surface area contributed by atoms with Crippen LogP contribution in [-0.2, 0) is 14.3 Å². The number of aryl methyl sites for hydroxylation is 2. The van der Waals surface area contributed by atoms with Crippen LogP contribution < -0.4 is 4.90 Å². The molecule has 2 heterocycles. The zero-order valence-corrected chi connectivity index (χ0v) is 23.9. The van der Waals surface area contributed by atoms with Crippen molar-refractivity contribution < 1.29 is 23.9 Å². The van der Waals surface area contributed by atoms with E-state index in [-0.39, 0.29) is 36.0 Å². The van der Waals surface area contributed by atoms with Crippen molar-refractivity contribution in [3.8, 4) is 11.3 Å². The van der Waals surface area contributed by atoms with Crippen LogP contribution in [0.5, 0.6) is 0 Å². The Kier molecular flexibility index (Phi) is 7.19. The number of anilines is 1. The SMILES string of the molecule is Cc1ccc(C(=O)COC(=O)c2cc(-c3ccc(N4C(=O)C5CCC(C)CC5C4=O)cc3)nc3ccccc23)cc1C. The van der Waals surface area contributed by atoms with Crippen molar-refractivity contribution in [2.24, 2.45) is 17.8 Å². The van der Waals surface area contributed by atoms with Gasteiger partial charge >= 0.3 is 5.97 Å². The minimum atomic E-state index is -0.617. The molecule has 1 aliphatic heterocycles. The first-order valence-corrected chi connectivity index (χ1v) is 14.4. The molecule has 2 amide bonds. The Morgan fingerprint density at radius 3 is 2.38 bits per heavy atom. The van der Waals surface area contributed by atoms with Gasteiger partial charge in [0.25, 0.3) is 0 Å². The minimum absolute atomic E-state index is 0.117. The van der Waals surface area contributed by atoms with E-state index in [4.69, 9.17) is 9.72 Å². The molecule has 6 rings (SSSR count). The maximum atomic E-state index is 13.3. The smallest absolute Gasteiger partial charge is 0.339 e. The van der Waals surface area contributed by atoms with Gasteiger partial charge in [-0.05, 0) is 80.5 Å². The predicted molar refractivity (Wildman–Crippen MR) is 160 cm³/mol. The fourth-order valence-corrected chi connectivity index (χ4v) is 6.12. The van der Waals surface area contributed by atoms with Crippen LogP contribution in [0.2, 0.25) is 0 Å². The first-order valence-electron chi connectivity index (χ1n) is 14.4. The number of aromatic nitrogens is 1. The minimum Gasteiger partial charge on any atom is -0.454 e. The molecule has 1 saturated carbocycles. The van der Waals surface area contributed by atoms with E-state index < -0.39 is 5.97 Å². The molecule has 212 valence electrons. The summed E-state index contributed by atoms with van der Waals surface area (Å²) in [4.78, 5) is 58.4. The van der Waals surface area contributed by atoms with E-state index in [2.05, 4.69) is 6.92 Å². The molecule has 1 aliphatic carbocycles. The molecule has 0 N–H and O–H groups in total. The van der Waals surface area contributed by atoms with Gasteiger partial charge in [-0.25, -0.2) is 9.78 Å². The summed E-state index contributed by atoms with van der Waals surface area (Å²) in [5, 5.41) is 0.617. The molecule has 42 heavy (non-hydrogen) atoms. The molecule has 3 atom stereocenters. The van der Waals surface area contributed by atoms with Crippen LogP contribution in [0.4, 0.5) is 5.69 Å². The van der Waals surface area contributed by atoms with Gasteiger partial charge in [0.2, 0.25) is 11.8 Å². The second-order valence-corrected chi connectivity index (χ2v) is 11.6. The lowest BCUT2D eigenvalue weighted by atomic mass is 9.76. The molecule has 3 unspecified atom stereocenters. The number of nitrogens with zero attached hydrogens (tertiary/aromatic N) is 2. The number of pyridine rings is 1. The summed E-state index contributed by atoms with van der Waals surface area (Å²) in [7, 11) is 0. The Balaban J connectivity index is 1.25. The molecule has 4 aromatic rings. The van der Waals surface area contributed by atoms with E-state index in [1.807, 2.05) is 38.1 Å². The summed E-state index contributed by atoms with van der Waals surface area (Å²) in [5.41, 5.74) is 5.28. The number of rotatable bonds is 6. The van der Waals surface area contributed by atoms with Crippen LogP contribution in [-0.4, -0.2) is 35.2 Å². The molecule has 7 heteroatoms. The average molecular weight is 561 g/mol. The van der Waals surface area contributed by atoms with Gasteiger partial charge < -0.3 is 4.74 Å². The largest absolute Gasteiger partial charge is 0.454 e. The van der Waals surface area contributed by atoms with Crippen molar-refractivity contribution in [2.45, 2.75) is 40.0 Å². The standard InChI is InChI=1S/C35H32N2O5/c1-20-8-15-27-28(16-20)34(40)37(33(27)39)25-13-11-23(12-14-25)31-18-29(26-6-4-5-7-30(26)36-31)35(41)42-19-32(38)24-10-9-21(2)22(3)17-24/h4-7,9-14,17-18,20,27-28H,8,15-16,19H2,1-3H3. The fraction of sp³-hybridized carbons (Fsp3) is 0.286. The number of amides is 2. The zero-order chi connectivity index (χ0) is 29.5. The number of ketones is 1. The molecule has 2 aliphatic rings. The zero-order valence-electron chi connectivity index (χ0n) is 23.9. The number of benzene rings is 3. The summed E-state index contributed by atoms with van der Waals surface area (Å²) in [6.45, 7) is 5.67. The van der Waals surface area contributed by atoms with Gasteiger partial charge in [-0.2, -0.15) is 0 Å². The summed E-state index contributed by atoms with van der Waals surface area (Å²) in [6.07, 6.45) is 2.46. The number of ether oxygens (including phenoxy) is 1. The molecule has 0 radical (unpaired) electrons. The van der Waals surface area contributed by atoms with Gasteiger partial charge in [-0.3, -0.25) is 19.3 Å². The number of imide groups is 1. The molecule has 0 spiro atoms. The number of esters is 1. The molecular formula is C35H32N2O5. The molecule has 3 aromatic carbocycles. The number of hydrogen-bond acceptors (Lipinski definition) is 6. The van der Waals surface area contributed by atoms with Crippen molar-refractivity contribution in [3.63, 3.8) is 0 Å². The van der Waals surface area contributed by atoms with E-state index in [1.54, 1.807) is 48.5 Å². The van der Waals surface area contributed by atoms with Crippen LogP contribution in [0.25, 0.3) is 22.2 Å². The quantitative estimate of drug-likeness (QED) is 0.152. The number of Topliss-reactive ketones (excluding diaryl/α,β-unsaturated/α-hetero) is 1. The van der Waals surface area contributed by atoms with Crippen LogP contribution in [0.15, 0.2) is 72.8 Å². The van der Waals surface area contributed by atoms with Gasteiger partial charge in [0.05, 0.1) is 34.3 Å². The normalized spacial score (nSPS) is 20.1. The summed E-state index contributed by atoms with van der Waals surface area (Å²) in [6, 6.07) is 21.4. The summed E-state index contributed by atoms with van der Waals surface area (Å²) >= 11 is 0. The first kappa shape index (κ1) is 27.5. The third-order valence-corrected chi connectivity index (χ3v) is 8.71. The highest BCUT2D eigenvalue weighted by atomic mass is 16.5. The maximum absolute atomic E-state index is 13.3. The van der Waals surface area contributed by atoms with Crippen LogP contribution in [0.3, 0.4) is 0 Å². The van der Waals surface area contributed by atoms with E-state index in [1.165, 1.54) is 4.90 Å². The highest BCUT2D eigenvalue weighted by molar-refractivity contribution is 6.22. The lowest BCUT2D eigenvalue weighted by molar-refractivity contribution is -0.122. The molecule has 1 aromatic heterocycles. The third kappa shape index (κ3) is 5.00. The Morgan fingerprint density at radius 2 is 1.62 bits per heavy atom. The van der Waals surface area contributed by atoms with Crippen molar-refractivity contribution in [1.29, 1.82) is 0 Å². The predicted octanol–water partition coefficient (Wildman–Crippen LogP) is 6.48. The summed E-state index contributed by atoms with van der Waals surface area (Å²) in [5.74, 6) is -1.16. The van der Waals surface area contributed by atoms with Gasteiger partial charge in [0, 0.05) is 16.5 Å². The Hall–Kier alpha value is -4.65. The van der Waals surface area contributed by atoms with Crippen LogP contribution in [0, 0.1) is 31.6 Å². The number of carbonyl (C=O) groups excluding carboxylic acids is 4. The van der Waals surface area contributed by atoms with Crippen molar-refractivity contribution in [2.75, 3.05) is 11.5 Å². The third-order valence-electron chi connectivity index (χ3n) is 8.71. The lowest BCUT2D eigenvalue weighted by Gasteiger charge is -2.25. The Morgan fingerprint density at radius 1 is 0.881 bits per heavy atom. The second-order valence-electron chi connectivity index (χ2n) is 11.6. The maximum Gasteiger partial charge on any atom is 0.339 e. The molecule has 1 saturated heterocycles. The Bertz CT molecular complexity index is 1740. The van der Waals surface area contributed by atoms with Crippen molar-refractivity contribution in [3.05, 3.63) is 95.1 Å². The second kappa shape index (κ2) is 11.0. The monoisotopic (exact) mass is 560 g/mol. The highest BCUT2D eigenvalue weighted by Gasteiger charge is 2.49. The summed E-state index contributed by atoms with van der Waals surface area (Å²) < 4.78 is 5.48. The van der Waals surface area contributed by atoms with Crippen molar-refractivity contribution >= 4 is 40.2 Å². The topological polar surface area (TPSA) is 93.6 Å². The van der Waals surface area contributed by atoms with Crippen LogP contribution in [0.1, 0.15) is 58.0 Å². The number of fused-ring (bicyclic) bond motifs is 2. The van der Waals surface area contributed by atoms with Gasteiger partial charge in [0.15, 0.2) is 12.4 Å². The Labute approximate surface area is 244 Å². The first-order chi connectivity index (χ1) is 20.2. The fourth-order valence-electron chi connectivity index (χ4n) is 6.12. The van der Waals surface area contributed by atoms with Gasteiger partial charge in [-0.15, -0.1) is 0 Å². The number of carbonyl (C=O) groups is 4. The lowest BCUT2D eigenvalue weighted by Crippen LogP contribution is -2.30. The van der Waals surface area contributed by atoms with Crippen LogP contribution >= 0.6 is 0 Å². The number of para-hydroxylation sites is 1.